The first-order valence-corrected chi connectivity index (χ1v) is 5.39. The molecular formula is C12H12F2N2O2. The second-order valence-electron chi connectivity index (χ2n) is 3.83. The molecule has 2 rings (SSSR count). The van der Waals surface area contributed by atoms with Gasteiger partial charge in [-0.2, -0.15) is 0 Å². The van der Waals surface area contributed by atoms with Gasteiger partial charge in [-0.1, -0.05) is 0 Å². The number of nitrogens with zero attached hydrogens (tertiary/aromatic N) is 1. The highest BCUT2D eigenvalue weighted by atomic mass is 19.1. The van der Waals surface area contributed by atoms with E-state index in [1.807, 2.05) is 0 Å². The first kappa shape index (κ1) is 12.3. The third-order valence-corrected chi connectivity index (χ3v) is 2.75. The second-order valence-corrected chi connectivity index (χ2v) is 3.83. The third kappa shape index (κ3) is 1.70. The van der Waals surface area contributed by atoms with Gasteiger partial charge in [0, 0.05) is 12.1 Å². The molecule has 1 aromatic carbocycles. The van der Waals surface area contributed by atoms with E-state index in [1.165, 1.54) is 0 Å². The third-order valence-electron chi connectivity index (χ3n) is 2.75. The number of fused-ring (bicyclic) bond motifs is 1. The lowest BCUT2D eigenvalue weighted by Crippen LogP contribution is -2.12. The zero-order valence-electron chi connectivity index (χ0n) is 9.96. The van der Waals surface area contributed by atoms with Crippen molar-refractivity contribution >= 4 is 16.9 Å². The molecule has 0 atom stereocenters. The van der Waals surface area contributed by atoms with E-state index < -0.39 is 17.6 Å². The van der Waals surface area contributed by atoms with Gasteiger partial charge in [-0.25, -0.2) is 13.6 Å². The van der Waals surface area contributed by atoms with Crippen LogP contribution in [0.1, 0.15) is 23.0 Å². The number of carbonyl (C=O) groups excluding carboxylic acids is 1. The van der Waals surface area contributed by atoms with Crippen LogP contribution < -0.4 is 5.84 Å². The molecule has 4 nitrogen and oxygen atoms in total. The van der Waals surface area contributed by atoms with Crippen LogP contribution in [0.3, 0.4) is 0 Å². The molecule has 0 amide bonds. The summed E-state index contributed by atoms with van der Waals surface area (Å²) in [5.41, 5.74) is 0.479. The van der Waals surface area contributed by atoms with Gasteiger partial charge in [-0.3, -0.25) is 4.68 Å². The van der Waals surface area contributed by atoms with Crippen LogP contribution in [0.25, 0.3) is 10.9 Å². The van der Waals surface area contributed by atoms with Gasteiger partial charge in [0.05, 0.1) is 28.8 Å². The molecule has 0 saturated carbocycles. The Hall–Kier alpha value is -2.11. The molecule has 2 N–H and O–H groups in total. The van der Waals surface area contributed by atoms with Gasteiger partial charge in [0.2, 0.25) is 0 Å². The molecule has 18 heavy (non-hydrogen) atoms. The molecule has 1 aromatic heterocycles. The van der Waals surface area contributed by atoms with Gasteiger partial charge < -0.3 is 10.6 Å². The van der Waals surface area contributed by atoms with E-state index in [9.17, 15) is 13.6 Å². The average molecular weight is 254 g/mol. The summed E-state index contributed by atoms with van der Waals surface area (Å²) in [6.07, 6.45) is 0. The molecule has 0 saturated heterocycles. The highest BCUT2D eigenvalue weighted by Gasteiger charge is 2.23. The summed E-state index contributed by atoms with van der Waals surface area (Å²) >= 11 is 0. The minimum absolute atomic E-state index is 0.0187. The van der Waals surface area contributed by atoms with Gasteiger partial charge >= 0.3 is 5.97 Å². The fourth-order valence-corrected chi connectivity index (χ4v) is 1.93. The Balaban J connectivity index is 2.81. The lowest BCUT2D eigenvalue weighted by atomic mass is 10.1. The van der Waals surface area contributed by atoms with E-state index in [0.29, 0.717) is 11.8 Å². The molecule has 0 aliphatic rings. The molecule has 0 bridgehead atoms. The number of hydrogen-bond acceptors (Lipinski definition) is 3. The predicted octanol–water partition coefficient (Wildman–Crippen LogP) is 2.12. The fourth-order valence-electron chi connectivity index (χ4n) is 1.93. The maximum Gasteiger partial charge on any atom is 0.340 e. The highest BCUT2D eigenvalue weighted by Crippen LogP contribution is 2.28. The summed E-state index contributed by atoms with van der Waals surface area (Å²) in [4.78, 5) is 11.8. The number of benzene rings is 1. The lowest BCUT2D eigenvalue weighted by molar-refractivity contribution is 0.0527. The van der Waals surface area contributed by atoms with Gasteiger partial charge in [0.25, 0.3) is 0 Å². The van der Waals surface area contributed by atoms with Crippen LogP contribution in [0, 0.1) is 18.6 Å². The van der Waals surface area contributed by atoms with Crippen LogP contribution in [-0.2, 0) is 4.74 Å². The van der Waals surface area contributed by atoms with Crippen LogP contribution in [0.2, 0.25) is 0 Å². The Kier molecular flexibility index (Phi) is 2.94. The standard InChI is InChI=1S/C12H12F2N2O2/c1-3-18-12(17)10-6(2)16(15)9-5-7(13)4-8(14)11(9)10/h4-5H,3,15H2,1-2H3. The number of rotatable bonds is 2. The number of halogens is 2. The van der Waals surface area contributed by atoms with E-state index in [4.69, 9.17) is 10.6 Å². The highest BCUT2D eigenvalue weighted by molar-refractivity contribution is 6.06. The van der Waals surface area contributed by atoms with E-state index in [0.717, 1.165) is 10.7 Å². The zero-order chi connectivity index (χ0) is 13.4. The number of nitrogens with two attached hydrogens (primary N) is 1. The molecule has 0 aliphatic heterocycles. The van der Waals surface area contributed by atoms with Gasteiger partial charge in [-0.15, -0.1) is 0 Å². The summed E-state index contributed by atoms with van der Waals surface area (Å²) < 4.78 is 32.9. The first-order chi connectivity index (χ1) is 8.47. The van der Waals surface area contributed by atoms with Crippen molar-refractivity contribution in [3.8, 4) is 0 Å². The smallest absolute Gasteiger partial charge is 0.340 e. The number of esters is 1. The number of nitrogen functional groups attached to an aromatic ring is 1. The van der Waals surface area contributed by atoms with Gasteiger partial charge in [0.15, 0.2) is 0 Å². The Morgan fingerprint density at radius 3 is 2.72 bits per heavy atom. The Morgan fingerprint density at radius 2 is 2.11 bits per heavy atom. The zero-order valence-corrected chi connectivity index (χ0v) is 9.96. The van der Waals surface area contributed by atoms with Crippen LogP contribution in [0.4, 0.5) is 8.78 Å². The maximum absolute atomic E-state index is 13.8. The molecule has 0 spiro atoms. The van der Waals surface area contributed by atoms with Crippen molar-refractivity contribution in [2.45, 2.75) is 13.8 Å². The molecule has 0 aliphatic carbocycles. The predicted molar refractivity (Wildman–Crippen MR) is 62.7 cm³/mol. The van der Waals surface area contributed by atoms with Crippen molar-refractivity contribution in [1.29, 1.82) is 0 Å². The minimum atomic E-state index is -0.833. The molecule has 2 aromatic rings. The monoisotopic (exact) mass is 254 g/mol. The molecule has 0 unspecified atom stereocenters. The van der Waals surface area contributed by atoms with E-state index in [2.05, 4.69) is 0 Å². The summed E-state index contributed by atoms with van der Waals surface area (Å²) in [5, 5.41) is -0.0187. The molecule has 6 heteroatoms. The normalized spacial score (nSPS) is 10.9. The fraction of sp³-hybridized carbons (Fsp3) is 0.250. The molecule has 96 valence electrons. The van der Waals surface area contributed by atoms with Crippen molar-refractivity contribution in [3.05, 3.63) is 35.0 Å². The van der Waals surface area contributed by atoms with Crippen molar-refractivity contribution in [2.75, 3.05) is 12.4 Å². The van der Waals surface area contributed by atoms with Crippen LogP contribution in [0.5, 0.6) is 0 Å². The van der Waals surface area contributed by atoms with Gasteiger partial charge in [0.1, 0.15) is 11.6 Å². The SMILES string of the molecule is CCOC(=O)c1c(C)n(N)c2cc(F)cc(F)c12. The van der Waals surface area contributed by atoms with Crippen molar-refractivity contribution in [1.82, 2.24) is 4.68 Å². The molecular weight excluding hydrogens is 242 g/mol. The topological polar surface area (TPSA) is 57.2 Å². The summed E-state index contributed by atoms with van der Waals surface area (Å²) in [7, 11) is 0. The average Bonchev–Trinajstić information content (AvgIpc) is 2.54. The van der Waals surface area contributed by atoms with Crippen molar-refractivity contribution in [2.24, 2.45) is 0 Å². The number of carbonyl (C=O) groups is 1. The van der Waals surface area contributed by atoms with E-state index in [-0.39, 0.29) is 23.1 Å². The van der Waals surface area contributed by atoms with Crippen molar-refractivity contribution in [3.63, 3.8) is 0 Å². The summed E-state index contributed by atoms with van der Waals surface area (Å²) in [5.74, 6) is 3.43. The minimum Gasteiger partial charge on any atom is -0.462 e. The van der Waals surface area contributed by atoms with Crippen LogP contribution in [-0.4, -0.2) is 17.3 Å². The first-order valence-electron chi connectivity index (χ1n) is 5.39. The second kappa shape index (κ2) is 4.29. The maximum atomic E-state index is 13.8. The quantitative estimate of drug-likeness (QED) is 0.659. The molecule has 1 heterocycles. The Bertz CT molecular complexity index is 635. The number of aromatic nitrogens is 1. The largest absolute Gasteiger partial charge is 0.462 e. The Labute approximate surface area is 102 Å². The Morgan fingerprint density at radius 1 is 1.44 bits per heavy atom. The summed E-state index contributed by atoms with van der Waals surface area (Å²) in [6, 6.07) is 1.79. The van der Waals surface area contributed by atoms with Crippen LogP contribution in [0.15, 0.2) is 12.1 Å². The number of ether oxygens (including phenoxy) is 1. The molecule has 0 radical (unpaired) electrons. The van der Waals surface area contributed by atoms with Crippen LogP contribution >= 0.6 is 0 Å². The van der Waals surface area contributed by atoms with E-state index in [1.54, 1.807) is 13.8 Å². The summed E-state index contributed by atoms with van der Waals surface area (Å²) in [6.45, 7) is 3.35. The van der Waals surface area contributed by atoms with Crippen molar-refractivity contribution < 1.29 is 18.3 Å². The van der Waals surface area contributed by atoms with Gasteiger partial charge in [-0.05, 0) is 13.8 Å². The van der Waals surface area contributed by atoms with E-state index >= 15 is 0 Å². The lowest BCUT2D eigenvalue weighted by Gasteiger charge is -2.02. The molecule has 0 fully saturated rings. The number of hydrogen-bond donors (Lipinski definition) is 1.